The molecule has 0 radical (unpaired) electrons. The van der Waals surface area contributed by atoms with Crippen molar-refractivity contribution < 1.29 is 14.3 Å². The third-order valence-electron chi connectivity index (χ3n) is 6.30. The summed E-state index contributed by atoms with van der Waals surface area (Å²) in [6.07, 6.45) is 1.70. The Morgan fingerprint density at radius 2 is 1.97 bits per heavy atom. The van der Waals surface area contributed by atoms with Crippen LogP contribution in [-0.2, 0) is 11.2 Å². The van der Waals surface area contributed by atoms with Crippen LogP contribution in [0.4, 0.5) is 33.3 Å². The topological polar surface area (TPSA) is 145 Å². The summed E-state index contributed by atoms with van der Waals surface area (Å²) in [6, 6.07) is 7.89. The number of nitriles is 1. The molecule has 0 saturated carbocycles. The Morgan fingerprint density at radius 3 is 2.67 bits per heavy atom. The van der Waals surface area contributed by atoms with Crippen LogP contribution < -0.4 is 21.3 Å². The fourth-order valence-electron chi connectivity index (χ4n) is 4.82. The van der Waals surface area contributed by atoms with E-state index in [4.69, 9.17) is 11.5 Å². The van der Waals surface area contributed by atoms with Crippen molar-refractivity contribution in [3.8, 4) is 6.07 Å². The minimum atomic E-state index is -0.487. The van der Waals surface area contributed by atoms with E-state index in [-0.39, 0.29) is 47.9 Å². The smallest absolute Gasteiger partial charge is 0.237 e. The van der Waals surface area contributed by atoms with Crippen molar-refractivity contribution in [1.82, 2.24) is 9.97 Å². The maximum absolute atomic E-state index is 13.9. The first-order valence-electron chi connectivity index (χ1n) is 10.7. The largest absolute Gasteiger partial charge is 0.396 e. The number of pyridine rings is 2. The predicted octanol–water partition coefficient (Wildman–Crippen LogP) is 2.23. The first kappa shape index (κ1) is 20.9. The van der Waals surface area contributed by atoms with Crippen LogP contribution in [-0.4, -0.2) is 40.7 Å². The van der Waals surface area contributed by atoms with Crippen molar-refractivity contribution in [1.29, 1.82) is 5.26 Å². The number of piperidine rings is 1. The van der Waals surface area contributed by atoms with Crippen LogP contribution >= 0.6 is 0 Å². The van der Waals surface area contributed by atoms with Gasteiger partial charge in [-0.15, -0.1) is 0 Å². The molecule has 2 aliphatic heterocycles. The van der Waals surface area contributed by atoms with E-state index < -0.39 is 5.82 Å². The average molecular weight is 447 g/mol. The number of nitrogens with zero attached hydrogens (tertiary/aromatic N) is 5. The summed E-state index contributed by atoms with van der Waals surface area (Å²) >= 11 is 0. The SMILES string of the molecule is N#Cc1c(N2CCC[C@@H](CO)C2)nc(N)c2c(N)nc3c(c12)CC(=O)N3c1cccc(F)c1. The molecule has 0 spiro atoms. The molecule has 168 valence electrons. The lowest BCUT2D eigenvalue weighted by Gasteiger charge is -2.33. The second-order valence-corrected chi connectivity index (χ2v) is 8.38. The molecule has 1 amide bonds. The van der Waals surface area contributed by atoms with Crippen molar-refractivity contribution in [3.05, 3.63) is 41.2 Å². The molecule has 5 N–H and O–H groups in total. The summed E-state index contributed by atoms with van der Waals surface area (Å²) in [4.78, 5) is 25.2. The van der Waals surface area contributed by atoms with Crippen molar-refractivity contribution in [3.63, 3.8) is 0 Å². The first-order chi connectivity index (χ1) is 15.9. The number of benzene rings is 1. The molecule has 4 heterocycles. The number of aliphatic hydroxyl groups excluding tert-OH is 1. The fraction of sp³-hybridized carbons (Fsp3) is 0.304. The van der Waals surface area contributed by atoms with Gasteiger partial charge in [0.1, 0.15) is 40.7 Å². The molecule has 1 fully saturated rings. The third kappa shape index (κ3) is 3.29. The number of amides is 1. The van der Waals surface area contributed by atoms with E-state index in [1.54, 1.807) is 6.07 Å². The molecular weight excluding hydrogens is 425 g/mol. The van der Waals surface area contributed by atoms with Gasteiger partial charge in [0.05, 0.1) is 17.5 Å². The van der Waals surface area contributed by atoms with Crippen LogP contribution in [0, 0.1) is 23.1 Å². The maximum Gasteiger partial charge on any atom is 0.237 e. The lowest BCUT2D eigenvalue weighted by Crippen LogP contribution is -2.38. The average Bonchev–Trinajstić information content (AvgIpc) is 3.14. The molecule has 3 aromatic rings. The molecule has 1 atom stereocenters. The minimum Gasteiger partial charge on any atom is -0.396 e. The summed E-state index contributed by atoms with van der Waals surface area (Å²) < 4.78 is 13.9. The third-order valence-corrected chi connectivity index (χ3v) is 6.30. The highest BCUT2D eigenvalue weighted by Crippen LogP contribution is 2.44. The number of nitrogens with two attached hydrogens (primary N) is 2. The number of hydrogen-bond acceptors (Lipinski definition) is 8. The zero-order valence-corrected chi connectivity index (χ0v) is 17.8. The van der Waals surface area contributed by atoms with E-state index in [1.165, 1.54) is 23.1 Å². The summed E-state index contributed by atoms with van der Waals surface area (Å²) in [7, 11) is 0. The van der Waals surface area contributed by atoms with Crippen LogP contribution in [0.5, 0.6) is 0 Å². The van der Waals surface area contributed by atoms with Crippen LogP contribution in [0.15, 0.2) is 24.3 Å². The van der Waals surface area contributed by atoms with Gasteiger partial charge in [-0.25, -0.2) is 14.4 Å². The Labute approximate surface area is 189 Å². The van der Waals surface area contributed by atoms with Crippen LogP contribution in [0.1, 0.15) is 24.0 Å². The number of rotatable bonds is 3. The number of anilines is 5. The first-order valence-corrected chi connectivity index (χ1v) is 10.7. The van der Waals surface area contributed by atoms with Crippen LogP contribution in [0.25, 0.3) is 10.8 Å². The van der Waals surface area contributed by atoms with E-state index in [1.807, 2.05) is 4.90 Å². The van der Waals surface area contributed by atoms with Gasteiger partial charge in [0.15, 0.2) is 0 Å². The second kappa shape index (κ2) is 7.86. The monoisotopic (exact) mass is 447 g/mol. The molecule has 33 heavy (non-hydrogen) atoms. The molecule has 10 heteroatoms. The molecule has 1 aromatic carbocycles. The predicted molar refractivity (Wildman–Crippen MR) is 122 cm³/mol. The number of fused-ring (bicyclic) bond motifs is 3. The molecular formula is C23H22FN7O2. The van der Waals surface area contributed by atoms with Gasteiger partial charge in [0, 0.05) is 30.6 Å². The van der Waals surface area contributed by atoms with Crippen molar-refractivity contribution in [2.45, 2.75) is 19.3 Å². The number of aromatic nitrogens is 2. The summed E-state index contributed by atoms with van der Waals surface area (Å²) in [5.41, 5.74) is 13.6. The molecule has 2 aliphatic rings. The zero-order chi connectivity index (χ0) is 23.3. The lowest BCUT2D eigenvalue weighted by molar-refractivity contribution is -0.116. The van der Waals surface area contributed by atoms with Gasteiger partial charge in [-0.1, -0.05) is 6.07 Å². The van der Waals surface area contributed by atoms with Crippen molar-refractivity contribution >= 4 is 45.6 Å². The second-order valence-electron chi connectivity index (χ2n) is 8.38. The number of hydrogen-bond donors (Lipinski definition) is 3. The highest BCUT2D eigenvalue weighted by molar-refractivity contribution is 6.15. The number of halogens is 1. The van der Waals surface area contributed by atoms with E-state index in [2.05, 4.69) is 16.0 Å². The Morgan fingerprint density at radius 1 is 1.21 bits per heavy atom. The van der Waals surface area contributed by atoms with Crippen LogP contribution in [0.2, 0.25) is 0 Å². The lowest BCUT2D eigenvalue weighted by atomic mass is 9.96. The van der Waals surface area contributed by atoms with Gasteiger partial charge in [-0.2, -0.15) is 5.26 Å². The van der Waals surface area contributed by atoms with E-state index in [9.17, 15) is 19.6 Å². The molecule has 0 bridgehead atoms. The van der Waals surface area contributed by atoms with Gasteiger partial charge in [0.25, 0.3) is 0 Å². The molecule has 1 saturated heterocycles. The van der Waals surface area contributed by atoms with Gasteiger partial charge >= 0.3 is 0 Å². The number of aliphatic hydroxyl groups is 1. The number of carbonyl (C=O) groups is 1. The fourth-order valence-corrected chi connectivity index (χ4v) is 4.82. The van der Waals surface area contributed by atoms with Gasteiger partial charge < -0.3 is 21.5 Å². The highest BCUT2D eigenvalue weighted by Gasteiger charge is 2.35. The maximum atomic E-state index is 13.9. The summed E-state index contributed by atoms with van der Waals surface area (Å²) in [5, 5.41) is 20.6. The Balaban J connectivity index is 1.75. The van der Waals surface area contributed by atoms with Gasteiger partial charge in [-0.05, 0) is 37.0 Å². The van der Waals surface area contributed by atoms with Gasteiger partial charge in [-0.3, -0.25) is 9.69 Å². The summed E-state index contributed by atoms with van der Waals surface area (Å²) in [5.74, 6) is 0.103. The Hall–Kier alpha value is -3.97. The van der Waals surface area contributed by atoms with Gasteiger partial charge in [0.2, 0.25) is 5.91 Å². The van der Waals surface area contributed by atoms with E-state index >= 15 is 0 Å². The zero-order valence-electron chi connectivity index (χ0n) is 17.8. The Kier molecular flexibility index (Phi) is 4.98. The molecule has 0 aliphatic carbocycles. The summed E-state index contributed by atoms with van der Waals surface area (Å²) in [6.45, 7) is 1.26. The number of nitrogen functional groups attached to an aromatic ring is 2. The van der Waals surface area contributed by atoms with E-state index in [0.29, 0.717) is 40.9 Å². The van der Waals surface area contributed by atoms with Crippen molar-refractivity contribution in [2.75, 3.05) is 41.0 Å². The van der Waals surface area contributed by atoms with Crippen LogP contribution in [0.3, 0.4) is 0 Å². The quantitative estimate of drug-likeness (QED) is 0.554. The molecule has 9 nitrogen and oxygen atoms in total. The molecule has 2 aromatic heterocycles. The highest BCUT2D eigenvalue weighted by atomic mass is 19.1. The molecule has 0 unspecified atom stereocenters. The number of carbonyl (C=O) groups excluding carboxylic acids is 1. The Bertz CT molecular complexity index is 1340. The molecule has 5 rings (SSSR count). The minimum absolute atomic E-state index is 0.0353. The van der Waals surface area contributed by atoms with E-state index in [0.717, 1.165) is 12.8 Å². The standard InChI is InChI=1S/C23H22FN7O2/c24-13-4-1-5-14(7-13)31-17(33)8-15-18-16(9-25)22(30-6-2-3-12(10-30)11-32)28-20(26)19(18)21(27)29-23(15)31/h1,4-5,7,12,32H,2-3,6,8,10-11H2,(H2,26,28)(H2,27,29)/t12-/m1/s1. The normalized spacial score (nSPS) is 18.0. The van der Waals surface area contributed by atoms with Crippen molar-refractivity contribution in [2.24, 2.45) is 5.92 Å².